The lowest BCUT2D eigenvalue weighted by Gasteiger charge is -2.40. The Morgan fingerprint density at radius 2 is 0.759 bits per heavy atom. The van der Waals surface area contributed by atoms with E-state index in [0.29, 0.717) is 12.0 Å². The largest absolute Gasteiger partial charge is 0.379 e. The number of rotatable bonds is 8. The number of quaternary nitrogens is 2. The molecule has 11 heteroatoms. The van der Waals surface area contributed by atoms with Gasteiger partial charge in [-0.3, -0.25) is 4.90 Å². The molecule has 12 rings (SSSR count). The number of piperidine rings is 1. The van der Waals surface area contributed by atoms with Crippen molar-refractivity contribution in [3.63, 3.8) is 0 Å². The van der Waals surface area contributed by atoms with Crippen LogP contribution in [0, 0.1) is 11.4 Å². The summed E-state index contributed by atoms with van der Waals surface area (Å²) in [5.41, 5.74) is 12.7. The van der Waals surface area contributed by atoms with Crippen LogP contribution in [-0.2, 0) is 4.74 Å². The van der Waals surface area contributed by atoms with Gasteiger partial charge in [0.1, 0.15) is 0 Å². The second-order valence-electron chi connectivity index (χ2n) is 30.5. The monoisotopic (exact) mass is 1170 g/mol. The van der Waals surface area contributed by atoms with E-state index < -0.39 is 0 Å². The summed E-state index contributed by atoms with van der Waals surface area (Å²) in [6, 6.07) is 6.23. The van der Waals surface area contributed by atoms with E-state index in [1.54, 1.807) is 0 Å². The molecule has 11 nitrogen and oxygen atoms in total. The van der Waals surface area contributed by atoms with E-state index in [4.69, 9.17) is 21.8 Å². The summed E-state index contributed by atoms with van der Waals surface area (Å²) in [5, 5.41) is 0. The minimum atomic E-state index is 0.536. The predicted molar refractivity (Wildman–Crippen MR) is 356 cm³/mol. The van der Waals surface area contributed by atoms with Gasteiger partial charge in [0.25, 0.3) is 0 Å². The highest BCUT2D eigenvalue weighted by Gasteiger charge is 2.36. The summed E-state index contributed by atoms with van der Waals surface area (Å²) in [7, 11) is 13.8. The van der Waals surface area contributed by atoms with Crippen LogP contribution in [0.5, 0.6) is 0 Å². The van der Waals surface area contributed by atoms with Crippen molar-refractivity contribution in [2.75, 3.05) is 114 Å². The van der Waals surface area contributed by atoms with Gasteiger partial charge >= 0.3 is 0 Å². The van der Waals surface area contributed by atoms with Gasteiger partial charge < -0.3 is 34.1 Å². The molecular formula is C72H147N10O+3. The molecule has 0 aromatic heterocycles. The fraction of sp³-hybridized carbons (Fsp3) is 1.00. The fourth-order valence-electron chi connectivity index (χ4n) is 17.0. The molecule has 12 aliphatic rings. The molecule has 4 aliphatic heterocycles. The molecular weight excluding hydrogens is 1020 g/mol. The van der Waals surface area contributed by atoms with Gasteiger partial charge in [-0.1, -0.05) is 135 Å². The molecule has 0 radical (unpaired) electrons. The first-order valence-electron chi connectivity index (χ1n) is 37.4. The molecule has 0 unspecified atom stereocenters. The van der Waals surface area contributed by atoms with E-state index in [1.165, 1.54) is 363 Å². The highest BCUT2D eigenvalue weighted by atomic mass is 16.5. The lowest BCUT2D eigenvalue weighted by Crippen LogP contribution is -2.50. The summed E-state index contributed by atoms with van der Waals surface area (Å²) in [4.78, 5) is 11.5. The molecule has 8 saturated carbocycles. The van der Waals surface area contributed by atoms with Crippen molar-refractivity contribution in [3.8, 4) is 0 Å². The van der Waals surface area contributed by atoms with Gasteiger partial charge in [-0.25, -0.2) is 0 Å². The van der Waals surface area contributed by atoms with Crippen LogP contribution in [0.3, 0.4) is 0 Å². The number of nitrogens with one attached hydrogen (secondary N) is 1. The van der Waals surface area contributed by atoms with Gasteiger partial charge in [-0.05, 0) is 205 Å². The molecule has 8 aliphatic carbocycles. The molecule has 4 heterocycles. The first-order valence-corrected chi connectivity index (χ1v) is 37.4. The number of ether oxygens (including phenoxy) is 1. The lowest BCUT2D eigenvalue weighted by molar-refractivity contribution is -0.923. The van der Waals surface area contributed by atoms with E-state index in [2.05, 4.69) is 61.9 Å². The smallest absolute Gasteiger partial charge is 0.202 e. The topological polar surface area (TPSA) is 101 Å². The van der Waals surface area contributed by atoms with Crippen molar-refractivity contribution < 1.29 is 18.5 Å². The van der Waals surface area contributed by atoms with Crippen LogP contribution in [-0.4, -0.2) is 190 Å². The highest BCUT2D eigenvalue weighted by molar-refractivity contribution is 4.81. The van der Waals surface area contributed by atoms with E-state index in [-0.39, 0.29) is 0 Å². The second kappa shape index (κ2) is 43.7. The van der Waals surface area contributed by atoms with Gasteiger partial charge in [0, 0.05) is 62.1 Å². The second-order valence-corrected chi connectivity index (χ2v) is 30.5. The molecule has 83 heavy (non-hydrogen) atoms. The standard InChI is InChI=1S/C11H22N.C11H21N.C10H19NO.C10H19N.C9H20N.C8H17N.C7H16N3.C6H13N/c1-12(9-5-6-10-12)11-7-3-2-4-8-11;1-3-7-11(8-4-1)12-9-5-2-6-10-12;1-2-4-10(5-3-1)11-6-8-12-9-7-11;1-2-6-10(7-3-1)11-8-4-5-9-11;1-10(2,3)9-7-5-4-6-8-9;1-9(2)8-6-4-3-5-7-8;8-10(9)6-7-4-2-1-3-5-7;7-6-4-2-1-3-5-6/h11H,2-10H2,1H3;11H,1-10H2;10H,1-9H2;10H,1-9H2;9H,4-8H2,1-3H3;8H,3-7H2,1-2H3;7H,1-6H2,(H3,8,9);6H,1-5,7H2/q+1;;;;+1;;+1;. The zero-order chi connectivity index (χ0) is 59.2. The van der Waals surface area contributed by atoms with Gasteiger partial charge in [-0.15, -0.1) is 0 Å². The Kier molecular flexibility index (Phi) is 38.3. The van der Waals surface area contributed by atoms with E-state index in [9.17, 15) is 0 Å². The maximum atomic E-state index is 7.03. The fourth-order valence-corrected chi connectivity index (χ4v) is 17.0. The molecule has 0 bridgehead atoms. The average Bonchev–Trinajstić information content (AvgIpc) is 4.27. The molecule has 0 aromatic rings. The van der Waals surface area contributed by atoms with Gasteiger partial charge in [0.05, 0.1) is 66.6 Å². The Bertz CT molecular complexity index is 1440. The van der Waals surface area contributed by atoms with E-state index >= 15 is 0 Å². The number of hydrogen-bond donors (Lipinski definition) is 3. The highest BCUT2D eigenvalue weighted by Crippen LogP contribution is 2.32. The Balaban J connectivity index is 0.000000175. The SMILES string of the molecule is C1CCC(N2CCCC2)CC1.C1CCC(N2CCCCC2)CC1.C1CCC(N2CCOCC2)CC1.CN(C)C1CCCCC1.C[N+](C)(C)C1CCCCC1.C[N+]1(C2CCCCC2)CCCC1.N=[N+](N)CC1CCCCC1.NC1CCCCC1. The summed E-state index contributed by atoms with van der Waals surface area (Å²) in [6.07, 6.45) is 67.6. The molecule has 4 saturated heterocycles. The molecule has 488 valence electrons. The van der Waals surface area contributed by atoms with E-state index in [0.717, 1.165) is 60.8 Å². The molecule has 0 aromatic carbocycles. The van der Waals surface area contributed by atoms with Crippen molar-refractivity contribution in [2.24, 2.45) is 17.5 Å². The van der Waals surface area contributed by atoms with Gasteiger partial charge in [0.15, 0.2) is 0 Å². The number of hydrazine groups is 1. The zero-order valence-corrected chi connectivity index (χ0v) is 56.8. The zero-order valence-electron chi connectivity index (χ0n) is 56.8. The summed E-state index contributed by atoms with van der Waals surface area (Å²) in [6.45, 7) is 13.5. The maximum Gasteiger partial charge on any atom is 0.202 e. The van der Waals surface area contributed by atoms with E-state index in [1.807, 2.05) is 0 Å². The molecule has 5 N–H and O–H groups in total. The molecule has 0 spiro atoms. The quantitative estimate of drug-likeness (QED) is 0.0732. The van der Waals surface area contributed by atoms with Crippen LogP contribution in [0.15, 0.2) is 0 Å². The molecule has 0 atom stereocenters. The Morgan fingerprint density at radius 1 is 0.434 bits per heavy atom. The first-order chi connectivity index (χ1) is 40.3. The third-order valence-electron chi connectivity index (χ3n) is 22.7. The number of likely N-dealkylation sites (tertiary alicyclic amines) is 3. The summed E-state index contributed by atoms with van der Waals surface area (Å²) >= 11 is 0. The molecule has 0 amide bonds. The van der Waals surface area contributed by atoms with Crippen molar-refractivity contribution in [3.05, 3.63) is 0 Å². The third kappa shape index (κ3) is 31.4. The summed E-state index contributed by atoms with van der Waals surface area (Å²) in [5.74, 6) is 5.91. The Morgan fingerprint density at radius 3 is 1.10 bits per heavy atom. The van der Waals surface area contributed by atoms with Gasteiger partial charge in [-0.2, -0.15) is 5.84 Å². The van der Waals surface area contributed by atoms with Crippen molar-refractivity contribution in [2.45, 2.75) is 344 Å². The van der Waals surface area contributed by atoms with Crippen molar-refractivity contribution in [1.29, 1.82) is 5.53 Å². The third-order valence-corrected chi connectivity index (χ3v) is 22.7. The number of hydrogen-bond acceptors (Lipinski definition) is 7. The maximum absolute atomic E-state index is 7.03. The van der Waals surface area contributed by atoms with Crippen LogP contribution < -0.4 is 11.6 Å². The van der Waals surface area contributed by atoms with Crippen LogP contribution in [0.2, 0.25) is 0 Å². The molecule has 12 fully saturated rings. The minimum Gasteiger partial charge on any atom is -0.379 e. The predicted octanol–water partition coefficient (Wildman–Crippen LogP) is 16.1. The van der Waals surface area contributed by atoms with Crippen LogP contribution in [0.25, 0.3) is 0 Å². The number of morpholine rings is 1. The Hall–Kier alpha value is -0.920. The lowest BCUT2D eigenvalue weighted by atomic mass is 9.89. The normalized spacial score (nSPS) is 26.7. The van der Waals surface area contributed by atoms with Crippen LogP contribution >= 0.6 is 0 Å². The van der Waals surface area contributed by atoms with Gasteiger partial charge in [0.2, 0.25) is 6.54 Å². The summed E-state index contributed by atoms with van der Waals surface area (Å²) < 4.78 is 7.93. The van der Waals surface area contributed by atoms with Crippen molar-refractivity contribution >= 4 is 0 Å². The first kappa shape index (κ1) is 72.8. The Labute approximate surface area is 517 Å². The minimum absolute atomic E-state index is 0.536. The average molecular weight is 1170 g/mol. The number of nitrogens with zero attached hydrogens (tertiary/aromatic N) is 7. The van der Waals surface area contributed by atoms with Crippen LogP contribution in [0.1, 0.15) is 302 Å². The number of nitrogens with two attached hydrogens (primary N) is 2. The van der Waals surface area contributed by atoms with Crippen LogP contribution in [0.4, 0.5) is 0 Å². The van der Waals surface area contributed by atoms with Crippen molar-refractivity contribution in [1.82, 2.24) is 19.6 Å².